The minimum atomic E-state index is 0.847. The molecule has 0 spiro atoms. The minimum absolute atomic E-state index is 0.847. The van der Waals surface area contributed by atoms with Gasteiger partial charge in [0.1, 0.15) is 0 Å². The van der Waals surface area contributed by atoms with Crippen molar-refractivity contribution in [1.82, 2.24) is 0 Å². The lowest BCUT2D eigenvalue weighted by atomic mass is 9.82. The molecule has 3 atom stereocenters. The fourth-order valence-corrected chi connectivity index (χ4v) is 3.44. The van der Waals surface area contributed by atoms with Crippen molar-refractivity contribution in [3.8, 4) is 0 Å². The van der Waals surface area contributed by atoms with Crippen LogP contribution in [0, 0.1) is 17.8 Å². The normalized spacial score (nSPS) is 45.5. The van der Waals surface area contributed by atoms with Crippen LogP contribution in [0.2, 0.25) is 0 Å². The number of hydrogen-bond donors (Lipinski definition) is 0. The van der Waals surface area contributed by atoms with Crippen molar-refractivity contribution in [3.05, 3.63) is 12.2 Å². The molecule has 0 amide bonds. The van der Waals surface area contributed by atoms with Crippen molar-refractivity contribution in [2.45, 2.75) is 13.3 Å². The van der Waals surface area contributed by atoms with Crippen LogP contribution in [0.1, 0.15) is 13.3 Å². The lowest BCUT2D eigenvalue weighted by molar-refractivity contribution is 0.388. The Bertz CT molecular complexity index is 151. The quantitative estimate of drug-likeness (QED) is 0.483. The first-order valence-electron chi connectivity index (χ1n) is 4.12. The summed E-state index contributed by atoms with van der Waals surface area (Å²) in [6, 6.07) is 0. The van der Waals surface area contributed by atoms with Gasteiger partial charge in [-0.3, -0.25) is 0 Å². The summed E-state index contributed by atoms with van der Waals surface area (Å²) in [4.78, 5) is 0. The number of fused-ring (bicyclic) bond motifs is 1. The molecule has 0 bridgehead atoms. The van der Waals surface area contributed by atoms with Gasteiger partial charge < -0.3 is 0 Å². The summed E-state index contributed by atoms with van der Waals surface area (Å²) in [6.45, 7) is 2.33. The maximum absolute atomic E-state index is 2.44. The van der Waals surface area contributed by atoms with E-state index in [1.54, 1.807) is 0 Å². The monoisotopic (exact) mass is 154 g/mol. The van der Waals surface area contributed by atoms with E-state index in [-0.39, 0.29) is 0 Å². The highest BCUT2D eigenvalue weighted by Gasteiger charge is 2.29. The van der Waals surface area contributed by atoms with Gasteiger partial charge in [0.2, 0.25) is 0 Å². The van der Waals surface area contributed by atoms with Crippen LogP contribution >= 0.6 is 11.8 Å². The van der Waals surface area contributed by atoms with Crippen LogP contribution in [0.3, 0.4) is 0 Å². The highest BCUT2D eigenvalue weighted by Crippen LogP contribution is 2.38. The number of thioether (sulfide) groups is 1. The first-order chi connectivity index (χ1) is 4.86. The molecule has 0 aromatic heterocycles. The van der Waals surface area contributed by atoms with Gasteiger partial charge in [0.15, 0.2) is 0 Å². The lowest BCUT2D eigenvalue weighted by Gasteiger charge is -2.22. The molecule has 0 aromatic rings. The standard InChI is InChI=1S/C9H14S/c1-7-2-3-8-5-10-6-9(8)4-7/h2-3,7-9H,4-6H2,1H3/t7-,8-,9+/m0/s1. The van der Waals surface area contributed by atoms with Crippen LogP contribution in [0.15, 0.2) is 12.2 Å². The van der Waals surface area contributed by atoms with Crippen molar-refractivity contribution in [2.24, 2.45) is 17.8 Å². The predicted molar refractivity (Wildman–Crippen MR) is 47.2 cm³/mol. The van der Waals surface area contributed by atoms with E-state index in [9.17, 15) is 0 Å². The molecule has 1 aliphatic heterocycles. The average Bonchev–Trinajstić information content (AvgIpc) is 2.33. The van der Waals surface area contributed by atoms with Crippen LogP contribution in [0.5, 0.6) is 0 Å². The summed E-state index contributed by atoms with van der Waals surface area (Å²) in [6.07, 6.45) is 6.28. The molecule has 0 nitrogen and oxygen atoms in total. The van der Waals surface area contributed by atoms with Crippen molar-refractivity contribution < 1.29 is 0 Å². The molecule has 1 heteroatoms. The van der Waals surface area contributed by atoms with E-state index in [4.69, 9.17) is 0 Å². The first-order valence-corrected chi connectivity index (χ1v) is 5.28. The Kier molecular flexibility index (Phi) is 1.77. The number of hydrogen-bond acceptors (Lipinski definition) is 1. The van der Waals surface area contributed by atoms with E-state index in [1.807, 2.05) is 0 Å². The predicted octanol–water partition coefficient (Wildman–Crippen LogP) is 2.56. The zero-order valence-electron chi connectivity index (χ0n) is 6.42. The van der Waals surface area contributed by atoms with Gasteiger partial charge in [-0.15, -0.1) is 0 Å². The van der Waals surface area contributed by atoms with E-state index in [0.717, 1.165) is 17.8 Å². The zero-order valence-corrected chi connectivity index (χ0v) is 7.23. The maximum Gasteiger partial charge on any atom is -0.000139 e. The van der Waals surface area contributed by atoms with Gasteiger partial charge in [0.25, 0.3) is 0 Å². The van der Waals surface area contributed by atoms with Gasteiger partial charge in [-0.25, -0.2) is 0 Å². The summed E-state index contributed by atoms with van der Waals surface area (Å²) in [7, 11) is 0. The van der Waals surface area contributed by atoms with E-state index in [0.29, 0.717) is 0 Å². The van der Waals surface area contributed by atoms with Crippen LogP contribution in [0.25, 0.3) is 0 Å². The number of allylic oxidation sites excluding steroid dienone is 2. The molecule has 1 saturated heterocycles. The maximum atomic E-state index is 2.44. The van der Waals surface area contributed by atoms with Crippen molar-refractivity contribution in [2.75, 3.05) is 11.5 Å². The second kappa shape index (κ2) is 2.61. The highest BCUT2D eigenvalue weighted by molar-refractivity contribution is 7.99. The SMILES string of the molecule is C[C@H]1C=C[C@H]2CSC[C@H]2C1. The van der Waals surface area contributed by atoms with Gasteiger partial charge in [-0.05, 0) is 35.7 Å². The van der Waals surface area contributed by atoms with Gasteiger partial charge in [0, 0.05) is 0 Å². The summed E-state index contributed by atoms with van der Waals surface area (Å²) in [5, 5.41) is 0. The van der Waals surface area contributed by atoms with E-state index >= 15 is 0 Å². The van der Waals surface area contributed by atoms with Crippen molar-refractivity contribution in [1.29, 1.82) is 0 Å². The third-order valence-electron chi connectivity index (χ3n) is 2.61. The molecule has 1 heterocycles. The molecule has 1 fully saturated rings. The van der Waals surface area contributed by atoms with E-state index in [1.165, 1.54) is 17.9 Å². The second-order valence-corrected chi connectivity index (χ2v) is 4.63. The fourth-order valence-electron chi connectivity index (χ4n) is 1.96. The third kappa shape index (κ3) is 1.12. The molecule has 0 unspecified atom stereocenters. The van der Waals surface area contributed by atoms with E-state index in [2.05, 4.69) is 30.8 Å². The average molecular weight is 154 g/mol. The van der Waals surface area contributed by atoms with Gasteiger partial charge in [-0.1, -0.05) is 19.1 Å². The Balaban J connectivity index is 2.09. The summed E-state index contributed by atoms with van der Waals surface area (Å²) in [5.74, 6) is 5.60. The van der Waals surface area contributed by atoms with Crippen molar-refractivity contribution in [3.63, 3.8) is 0 Å². The largest absolute Gasteiger partial charge is 0.161 e. The molecule has 2 rings (SSSR count). The summed E-state index contributed by atoms with van der Waals surface area (Å²) >= 11 is 2.13. The van der Waals surface area contributed by atoms with Crippen LogP contribution in [-0.2, 0) is 0 Å². The van der Waals surface area contributed by atoms with Gasteiger partial charge >= 0.3 is 0 Å². The molecule has 1 aliphatic carbocycles. The summed E-state index contributed by atoms with van der Waals surface area (Å²) in [5.41, 5.74) is 0. The molecular formula is C9H14S. The molecule has 0 radical (unpaired) electrons. The van der Waals surface area contributed by atoms with E-state index < -0.39 is 0 Å². The molecule has 0 N–H and O–H groups in total. The van der Waals surface area contributed by atoms with Crippen molar-refractivity contribution >= 4 is 11.8 Å². The van der Waals surface area contributed by atoms with Gasteiger partial charge in [0.05, 0.1) is 0 Å². The summed E-state index contributed by atoms with van der Waals surface area (Å²) < 4.78 is 0. The lowest BCUT2D eigenvalue weighted by Crippen LogP contribution is -2.17. The molecule has 10 heavy (non-hydrogen) atoms. The molecule has 2 aliphatic rings. The Morgan fingerprint density at radius 2 is 2.20 bits per heavy atom. The Morgan fingerprint density at radius 3 is 3.10 bits per heavy atom. The smallest absolute Gasteiger partial charge is 0.000139 e. The molecule has 56 valence electrons. The topological polar surface area (TPSA) is 0 Å². The Morgan fingerprint density at radius 1 is 1.30 bits per heavy atom. The third-order valence-corrected chi connectivity index (χ3v) is 3.89. The fraction of sp³-hybridized carbons (Fsp3) is 0.778. The van der Waals surface area contributed by atoms with Crippen LogP contribution in [0.4, 0.5) is 0 Å². The van der Waals surface area contributed by atoms with Crippen LogP contribution in [-0.4, -0.2) is 11.5 Å². The Hall–Kier alpha value is 0.0900. The van der Waals surface area contributed by atoms with Crippen LogP contribution < -0.4 is 0 Å². The Labute approximate surface area is 67.1 Å². The highest BCUT2D eigenvalue weighted by atomic mass is 32.2. The molecular weight excluding hydrogens is 140 g/mol. The zero-order chi connectivity index (χ0) is 6.97. The minimum Gasteiger partial charge on any atom is -0.161 e. The molecule has 0 aromatic carbocycles. The number of rotatable bonds is 0. The van der Waals surface area contributed by atoms with Gasteiger partial charge in [-0.2, -0.15) is 11.8 Å². The first kappa shape index (κ1) is 6.78. The second-order valence-electron chi connectivity index (χ2n) is 3.56. The molecule has 0 saturated carbocycles.